The monoisotopic (exact) mass is 403 g/mol. The van der Waals surface area contributed by atoms with Crippen LogP contribution in [0.2, 0.25) is 0 Å². The number of rotatable bonds is 5. The summed E-state index contributed by atoms with van der Waals surface area (Å²) in [5, 5.41) is 8.55. The molecule has 4 rings (SSSR count). The van der Waals surface area contributed by atoms with Crippen molar-refractivity contribution in [2.24, 2.45) is 5.10 Å². The van der Waals surface area contributed by atoms with Crippen LogP contribution in [0.25, 0.3) is 20.7 Å². The Morgan fingerprint density at radius 1 is 1.19 bits per heavy atom. The van der Waals surface area contributed by atoms with Gasteiger partial charge in [0, 0.05) is 15.8 Å². The number of halogens is 2. The average Bonchev–Trinajstić information content (AvgIpc) is 3.31. The predicted octanol–water partition coefficient (Wildman–Crippen LogP) is 4.67. The largest absolute Gasteiger partial charge is 0.435 e. The van der Waals surface area contributed by atoms with Crippen molar-refractivity contribution in [3.05, 3.63) is 69.4 Å². The highest BCUT2D eigenvalue weighted by molar-refractivity contribution is 7.18. The minimum atomic E-state index is -2.87. The summed E-state index contributed by atoms with van der Waals surface area (Å²) in [4.78, 5) is 18.8. The van der Waals surface area contributed by atoms with E-state index in [0.717, 1.165) is 15.1 Å². The third-order valence-corrected chi connectivity index (χ3v) is 5.49. The van der Waals surface area contributed by atoms with Crippen LogP contribution < -0.4 is 10.3 Å². The van der Waals surface area contributed by atoms with Crippen molar-refractivity contribution in [3.63, 3.8) is 0 Å². The maximum absolute atomic E-state index is 12.8. The zero-order chi connectivity index (χ0) is 18.8. The van der Waals surface area contributed by atoms with Gasteiger partial charge in [0.05, 0.1) is 11.6 Å². The highest BCUT2D eigenvalue weighted by Gasteiger charge is 2.13. The van der Waals surface area contributed by atoms with Gasteiger partial charge in [-0.15, -0.1) is 22.7 Å². The van der Waals surface area contributed by atoms with E-state index in [2.05, 4.69) is 14.8 Å². The molecule has 0 atom stereocenters. The molecule has 0 fully saturated rings. The summed E-state index contributed by atoms with van der Waals surface area (Å²) in [5.74, 6) is 0.0567. The number of fused-ring (bicyclic) bond motifs is 1. The van der Waals surface area contributed by atoms with Gasteiger partial charge in [-0.3, -0.25) is 4.79 Å². The number of ether oxygens (including phenoxy) is 1. The Bertz CT molecular complexity index is 1150. The molecule has 0 aliphatic heterocycles. The Kier molecular flexibility index (Phi) is 4.78. The smallest absolute Gasteiger partial charge is 0.387 e. The third kappa shape index (κ3) is 3.64. The summed E-state index contributed by atoms with van der Waals surface area (Å²) in [6.45, 7) is -2.87. The predicted molar refractivity (Wildman–Crippen MR) is 103 cm³/mol. The van der Waals surface area contributed by atoms with E-state index in [1.807, 2.05) is 22.9 Å². The molecule has 0 aliphatic rings. The first kappa shape index (κ1) is 17.5. The minimum Gasteiger partial charge on any atom is -0.435 e. The molecular weight excluding hydrogens is 392 g/mol. The zero-order valence-electron chi connectivity index (χ0n) is 13.6. The van der Waals surface area contributed by atoms with E-state index >= 15 is 0 Å². The lowest BCUT2D eigenvalue weighted by Crippen LogP contribution is -2.16. The highest BCUT2D eigenvalue weighted by Crippen LogP contribution is 2.33. The number of nitrogens with zero attached hydrogens (tertiary/aromatic N) is 3. The normalized spacial score (nSPS) is 11.7. The molecule has 0 saturated heterocycles. The van der Waals surface area contributed by atoms with Gasteiger partial charge in [-0.05, 0) is 41.3 Å². The molecule has 0 unspecified atom stereocenters. The number of hydrogen-bond donors (Lipinski definition) is 0. The van der Waals surface area contributed by atoms with Crippen molar-refractivity contribution in [1.82, 2.24) is 9.66 Å². The molecule has 1 aromatic carbocycles. The van der Waals surface area contributed by atoms with Crippen LogP contribution in [0.4, 0.5) is 8.78 Å². The van der Waals surface area contributed by atoms with E-state index in [0.29, 0.717) is 15.8 Å². The zero-order valence-corrected chi connectivity index (χ0v) is 15.2. The van der Waals surface area contributed by atoms with Crippen LogP contribution in [0, 0.1) is 0 Å². The van der Waals surface area contributed by atoms with E-state index < -0.39 is 6.61 Å². The van der Waals surface area contributed by atoms with Crippen molar-refractivity contribution in [2.75, 3.05) is 0 Å². The molecule has 9 heteroatoms. The van der Waals surface area contributed by atoms with Crippen LogP contribution in [-0.2, 0) is 0 Å². The van der Waals surface area contributed by atoms with Crippen LogP contribution in [0.1, 0.15) is 5.56 Å². The number of aromatic nitrogens is 2. The standard InChI is InChI=1S/C18H11F2N3O2S2/c19-18(20)25-12-5-3-11(4-6-12)8-22-23-10-21-16-15(17(23)24)13(9-27-16)14-2-1-7-26-14/h1-10,18H/b22-8-. The maximum atomic E-state index is 12.8. The molecule has 136 valence electrons. The Hall–Kier alpha value is -2.91. The summed E-state index contributed by atoms with van der Waals surface area (Å²) in [6, 6.07) is 9.84. The van der Waals surface area contributed by atoms with Gasteiger partial charge in [0.25, 0.3) is 5.56 Å². The molecule has 0 radical (unpaired) electrons. The first-order valence-electron chi connectivity index (χ1n) is 7.74. The lowest BCUT2D eigenvalue weighted by molar-refractivity contribution is -0.0498. The van der Waals surface area contributed by atoms with Gasteiger partial charge < -0.3 is 4.74 Å². The summed E-state index contributed by atoms with van der Waals surface area (Å²) < 4.78 is 29.8. The molecule has 3 heterocycles. The van der Waals surface area contributed by atoms with Crippen LogP contribution in [0.15, 0.2) is 63.4 Å². The molecule has 0 amide bonds. The minimum absolute atomic E-state index is 0.0567. The van der Waals surface area contributed by atoms with Crippen LogP contribution >= 0.6 is 22.7 Å². The third-order valence-electron chi connectivity index (χ3n) is 3.70. The first-order valence-corrected chi connectivity index (χ1v) is 9.50. The fourth-order valence-corrected chi connectivity index (χ4v) is 4.20. The average molecular weight is 403 g/mol. The topological polar surface area (TPSA) is 56.5 Å². The molecule has 27 heavy (non-hydrogen) atoms. The fourth-order valence-electron chi connectivity index (χ4n) is 2.48. The Labute approximate surface area is 159 Å². The van der Waals surface area contributed by atoms with Gasteiger partial charge in [0.15, 0.2) is 0 Å². The number of thiophene rings is 2. The SMILES string of the molecule is O=c1c2c(-c3cccs3)csc2ncn1/N=C\c1ccc(OC(F)F)cc1. The van der Waals surface area contributed by atoms with Crippen molar-refractivity contribution in [3.8, 4) is 16.2 Å². The van der Waals surface area contributed by atoms with Crippen LogP contribution in [0.5, 0.6) is 5.75 Å². The van der Waals surface area contributed by atoms with Gasteiger partial charge in [0.2, 0.25) is 0 Å². The molecule has 0 bridgehead atoms. The molecule has 0 aliphatic carbocycles. The van der Waals surface area contributed by atoms with Crippen molar-refractivity contribution in [2.45, 2.75) is 6.61 Å². The summed E-state index contributed by atoms with van der Waals surface area (Å²) in [6.07, 6.45) is 2.82. The van der Waals surface area contributed by atoms with E-state index in [-0.39, 0.29) is 11.3 Å². The second-order valence-electron chi connectivity index (χ2n) is 5.39. The molecule has 0 saturated carbocycles. The fraction of sp³-hybridized carbons (Fsp3) is 0.0556. The van der Waals surface area contributed by atoms with Gasteiger partial charge >= 0.3 is 6.61 Å². The van der Waals surface area contributed by atoms with Crippen LogP contribution in [-0.4, -0.2) is 22.5 Å². The number of alkyl halides is 2. The second-order valence-corrected chi connectivity index (χ2v) is 7.20. The molecule has 5 nitrogen and oxygen atoms in total. The first-order chi connectivity index (χ1) is 13.1. The lowest BCUT2D eigenvalue weighted by atomic mass is 10.2. The quantitative estimate of drug-likeness (QED) is 0.455. The van der Waals surface area contributed by atoms with Crippen molar-refractivity contribution in [1.29, 1.82) is 0 Å². The van der Waals surface area contributed by atoms with E-state index in [9.17, 15) is 13.6 Å². The van der Waals surface area contributed by atoms with Crippen molar-refractivity contribution >= 4 is 39.1 Å². The van der Waals surface area contributed by atoms with Crippen LogP contribution in [0.3, 0.4) is 0 Å². The van der Waals surface area contributed by atoms with E-state index in [4.69, 9.17) is 0 Å². The highest BCUT2D eigenvalue weighted by atomic mass is 32.1. The van der Waals surface area contributed by atoms with Gasteiger partial charge in [-0.25, -0.2) is 4.98 Å². The Morgan fingerprint density at radius 2 is 2.00 bits per heavy atom. The summed E-state index contributed by atoms with van der Waals surface area (Å²) in [7, 11) is 0. The van der Waals surface area contributed by atoms with E-state index in [1.165, 1.54) is 36.0 Å². The molecule has 3 aromatic heterocycles. The van der Waals surface area contributed by atoms with Gasteiger partial charge in [-0.2, -0.15) is 18.6 Å². The maximum Gasteiger partial charge on any atom is 0.387 e. The number of hydrogen-bond acceptors (Lipinski definition) is 6. The van der Waals surface area contributed by atoms with Crippen molar-refractivity contribution < 1.29 is 13.5 Å². The van der Waals surface area contributed by atoms with E-state index in [1.54, 1.807) is 23.5 Å². The molecule has 4 aromatic rings. The second kappa shape index (κ2) is 7.37. The van der Waals surface area contributed by atoms with Gasteiger partial charge in [-0.1, -0.05) is 6.07 Å². The lowest BCUT2D eigenvalue weighted by Gasteiger charge is -2.03. The Balaban J connectivity index is 1.66. The number of benzene rings is 1. The molecular formula is C18H11F2N3O2S2. The summed E-state index contributed by atoms with van der Waals surface area (Å²) >= 11 is 2.96. The Morgan fingerprint density at radius 3 is 2.70 bits per heavy atom. The van der Waals surface area contributed by atoms with Gasteiger partial charge in [0.1, 0.15) is 16.9 Å². The molecule has 0 spiro atoms. The molecule has 0 N–H and O–H groups in total. The summed E-state index contributed by atoms with van der Waals surface area (Å²) in [5.41, 5.74) is 1.21.